The SMILES string of the molecule is CC(C)c1nc2sccn2c1S(=O)(=O)Cl. The lowest BCUT2D eigenvalue weighted by Crippen LogP contribution is -2.01. The van der Waals surface area contributed by atoms with Crippen molar-refractivity contribution in [2.45, 2.75) is 24.8 Å². The van der Waals surface area contributed by atoms with Crippen LogP contribution in [0.3, 0.4) is 0 Å². The lowest BCUT2D eigenvalue weighted by Gasteiger charge is -2.02. The molecule has 0 spiro atoms. The molecule has 0 saturated heterocycles. The van der Waals surface area contributed by atoms with Gasteiger partial charge in [0, 0.05) is 22.3 Å². The van der Waals surface area contributed by atoms with E-state index in [1.54, 1.807) is 11.6 Å². The van der Waals surface area contributed by atoms with Gasteiger partial charge in [-0.1, -0.05) is 13.8 Å². The first-order chi connectivity index (χ1) is 6.91. The van der Waals surface area contributed by atoms with Gasteiger partial charge in [0.05, 0.1) is 5.69 Å². The zero-order valence-corrected chi connectivity index (χ0v) is 10.5. The van der Waals surface area contributed by atoms with Crippen LogP contribution in [0.2, 0.25) is 0 Å². The van der Waals surface area contributed by atoms with Crippen molar-refractivity contribution in [1.29, 1.82) is 0 Å². The number of imidazole rings is 1. The smallest absolute Gasteiger partial charge is 0.279 e. The van der Waals surface area contributed by atoms with E-state index >= 15 is 0 Å². The molecule has 0 aliphatic rings. The van der Waals surface area contributed by atoms with Gasteiger partial charge >= 0.3 is 0 Å². The third-order valence-electron chi connectivity index (χ3n) is 2.02. The molecule has 0 aliphatic carbocycles. The Morgan fingerprint density at radius 1 is 1.53 bits per heavy atom. The lowest BCUT2D eigenvalue weighted by atomic mass is 10.2. The topological polar surface area (TPSA) is 51.4 Å². The maximum atomic E-state index is 11.4. The van der Waals surface area contributed by atoms with E-state index in [1.165, 1.54) is 15.7 Å². The monoisotopic (exact) mass is 264 g/mol. The van der Waals surface area contributed by atoms with Crippen molar-refractivity contribution in [2.75, 3.05) is 0 Å². The second kappa shape index (κ2) is 3.47. The van der Waals surface area contributed by atoms with Crippen molar-refractivity contribution < 1.29 is 8.42 Å². The Kier molecular flexibility index (Phi) is 2.52. The summed E-state index contributed by atoms with van der Waals surface area (Å²) in [7, 11) is 1.65. The Bertz CT molecular complexity index is 597. The molecular formula is C8H9ClN2O2S2. The number of thiazole rings is 1. The average molecular weight is 265 g/mol. The van der Waals surface area contributed by atoms with Crippen molar-refractivity contribution >= 4 is 36.0 Å². The maximum Gasteiger partial charge on any atom is 0.279 e. The molecule has 2 aromatic heterocycles. The molecule has 82 valence electrons. The molecule has 0 aliphatic heterocycles. The Balaban J connectivity index is 2.87. The molecule has 0 amide bonds. The fraction of sp³-hybridized carbons (Fsp3) is 0.375. The Hall–Kier alpha value is -0.590. The van der Waals surface area contributed by atoms with Gasteiger partial charge < -0.3 is 0 Å². The summed E-state index contributed by atoms with van der Waals surface area (Å²) < 4.78 is 24.4. The fourth-order valence-corrected chi connectivity index (χ4v) is 3.55. The molecule has 2 rings (SSSR count). The molecule has 4 nitrogen and oxygen atoms in total. The van der Waals surface area contributed by atoms with Crippen LogP contribution in [0.25, 0.3) is 4.96 Å². The molecule has 2 aromatic rings. The van der Waals surface area contributed by atoms with E-state index in [1.807, 2.05) is 13.8 Å². The van der Waals surface area contributed by atoms with Crippen molar-refractivity contribution in [3.05, 3.63) is 17.3 Å². The number of rotatable bonds is 2. The molecule has 0 saturated carbocycles. The van der Waals surface area contributed by atoms with Crippen LogP contribution in [0.15, 0.2) is 16.6 Å². The van der Waals surface area contributed by atoms with E-state index in [-0.39, 0.29) is 10.9 Å². The standard InChI is InChI=1S/C8H9ClN2O2S2/c1-5(2)6-7(15(9,12)13)11-3-4-14-8(11)10-6/h3-5H,1-2H3. The molecular weight excluding hydrogens is 256 g/mol. The predicted molar refractivity (Wildman–Crippen MR) is 60.2 cm³/mol. The second-order valence-corrected chi connectivity index (χ2v) is 6.80. The van der Waals surface area contributed by atoms with Crippen molar-refractivity contribution in [3.63, 3.8) is 0 Å². The summed E-state index contributed by atoms with van der Waals surface area (Å²) in [4.78, 5) is 4.91. The van der Waals surface area contributed by atoms with Gasteiger partial charge in [-0.2, -0.15) is 0 Å². The highest BCUT2D eigenvalue weighted by molar-refractivity contribution is 8.13. The molecule has 0 radical (unpaired) electrons. The molecule has 15 heavy (non-hydrogen) atoms. The largest absolute Gasteiger partial charge is 0.280 e. The first-order valence-corrected chi connectivity index (χ1v) is 7.50. The first kappa shape index (κ1) is 10.9. The van der Waals surface area contributed by atoms with Gasteiger partial charge in [-0.25, -0.2) is 13.4 Å². The number of aromatic nitrogens is 2. The quantitative estimate of drug-likeness (QED) is 0.783. The summed E-state index contributed by atoms with van der Waals surface area (Å²) in [5, 5.41) is 1.87. The lowest BCUT2D eigenvalue weighted by molar-refractivity contribution is 0.602. The third kappa shape index (κ3) is 1.77. The maximum absolute atomic E-state index is 11.4. The van der Waals surface area contributed by atoms with Crippen LogP contribution < -0.4 is 0 Å². The molecule has 0 bridgehead atoms. The van der Waals surface area contributed by atoms with Crippen LogP contribution in [0.4, 0.5) is 0 Å². The van der Waals surface area contributed by atoms with E-state index in [9.17, 15) is 8.42 Å². The van der Waals surface area contributed by atoms with Gasteiger partial charge in [-0.05, 0) is 5.92 Å². The summed E-state index contributed by atoms with van der Waals surface area (Å²) in [5.41, 5.74) is 0.525. The first-order valence-electron chi connectivity index (χ1n) is 4.31. The van der Waals surface area contributed by atoms with Crippen molar-refractivity contribution in [2.24, 2.45) is 0 Å². The van der Waals surface area contributed by atoms with Crippen LogP contribution >= 0.6 is 22.0 Å². The molecule has 0 aromatic carbocycles. The van der Waals surface area contributed by atoms with Crippen LogP contribution in [-0.2, 0) is 9.05 Å². The van der Waals surface area contributed by atoms with Crippen molar-refractivity contribution in [3.8, 4) is 0 Å². The number of nitrogens with zero attached hydrogens (tertiary/aromatic N) is 2. The molecule has 0 N–H and O–H groups in total. The Morgan fingerprint density at radius 3 is 2.73 bits per heavy atom. The Labute approximate surface area is 95.9 Å². The van der Waals surface area contributed by atoms with E-state index < -0.39 is 9.05 Å². The number of fused-ring (bicyclic) bond motifs is 1. The summed E-state index contributed by atoms with van der Waals surface area (Å²) >= 11 is 1.38. The van der Waals surface area contributed by atoms with E-state index in [0.717, 1.165) is 0 Å². The molecule has 7 heteroatoms. The zero-order chi connectivity index (χ0) is 11.2. The van der Waals surface area contributed by atoms with Gasteiger partial charge in [-0.15, -0.1) is 11.3 Å². The highest BCUT2D eigenvalue weighted by Gasteiger charge is 2.25. The van der Waals surface area contributed by atoms with Crippen LogP contribution in [0.5, 0.6) is 0 Å². The van der Waals surface area contributed by atoms with E-state index in [4.69, 9.17) is 10.7 Å². The molecule has 0 atom stereocenters. The molecule has 0 unspecified atom stereocenters. The van der Waals surface area contributed by atoms with E-state index in [0.29, 0.717) is 10.7 Å². The normalized spacial score (nSPS) is 12.8. The van der Waals surface area contributed by atoms with Crippen LogP contribution in [0.1, 0.15) is 25.5 Å². The zero-order valence-electron chi connectivity index (χ0n) is 8.14. The minimum Gasteiger partial charge on any atom is -0.280 e. The van der Waals surface area contributed by atoms with Gasteiger partial charge in [0.25, 0.3) is 9.05 Å². The number of hydrogen-bond donors (Lipinski definition) is 0. The van der Waals surface area contributed by atoms with E-state index in [2.05, 4.69) is 4.98 Å². The summed E-state index contributed by atoms with van der Waals surface area (Å²) in [5.74, 6) is 0.0284. The van der Waals surface area contributed by atoms with Crippen molar-refractivity contribution in [1.82, 2.24) is 9.38 Å². The molecule has 0 fully saturated rings. The summed E-state index contributed by atoms with van der Waals surface area (Å²) in [6.07, 6.45) is 1.66. The predicted octanol–water partition coefficient (Wildman–Crippen LogP) is 2.45. The second-order valence-electron chi connectivity index (χ2n) is 3.45. The minimum atomic E-state index is -3.75. The highest BCUT2D eigenvalue weighted by atomic mass is 35.7. The Morgan fingerprint density at radius 2 is 2.20 bits per heavy atom. The summed E-state index contributed by atoms with van der Waals surface area (Å²) in [6, 6.07) is 0. The summed E-state index contributed by atoms with van der Waals surface area (Å²) in [6.45, 7) is 3.77. The average Bonchev–Trinajstić information content (AvgIpc) is 2.56. The van der Waals surface area contributed by atoms with Gasteiger partial charge in [0.15, 0.2) is 9.99 Å². The molecule has 2 heterocycles. The fourth-order valence-electron chi connectivity index (χ4n) is 1.40. The third-order valence-corrected chi connectivity index (χ3v) is 4.08. The number of halogens is 1. The number of hydrogen-bond acceptors (Lipinski definition) is 4. The van der Waals surface area contributed by atoms with Gasteiger partial charge in [-0.3, -0.25) is 4.40 Å². The van der Waals surface area contributed by atoms with Gasteiger partial charge in [0.2, 0.25) is 0 Å². The van der Waals surface area contributed by atoms with Gasteiger partial charge in [0.1, 0.15) is 0 Å². The highest BCUT2D eigenvalue weighted by Crippen LogP contribution is 2.28. The minimum absolute atomic E-state index is 0.0284. The van der Waals surface area contributed by atoms with Crippen LogP contribution in [-0.4, -0.2) is 17.8 Å². The van der Waals surface area contributed by atoms with Crippen LogP contribution in [0, 0.1) is 0 Å².